The van der Waals surface area contributed by atoms with Crippen molar-refractivity contribution in [1.82, 2.24) is 0 Å². The second-order valence-corrected chi connectivity index (χ2v) is 9.74. The Labute approximate surface area is 175 Å². The number of thiophene rings is 1. The number of hydrogen-bond donors (Lipinski definition) is 1. The van der Waals surface area contributed by atoms with Crippen molar-refractivity contribution in [2.75, 3.05) is 11.9 Å². The molecule has 1 aliphatic carbocycles. The summed E-state index contributed by atoms with van der Waals surface area (Å²) in [4.78, 5) is 26.5. The number of carbonyl (C=O) groups excluding carboxylic acids is 2. The zero-order chi connectivity index (χ0) is 20.5. The zero-order valence-electron chi connectivity index (χ0n) is 16.7. The highest BCUT2D eigenvalue weighted by Gasteiger charge is 2.34. The minimum absolute atomic E-state index is 0.207. The molecule has 0 aliphatic heterocycles. The highest BCUT2D eigenvalue weighted by Crippen LogP contribution is 2.44. The number of hydrogen-bond acceptors (Lipinski definition) is 4. The molecule has 28 heavy (non-hydrogen) atoms. The van der Waals surface area contributed by atoms with E-state index in [1.165, 1.54) is 16.2 Å². The van der Waals surface area contributed by atoms with E-state index in [0.717, 1.165) is 24.8 Å². The van der Waals surface area contributed by atoms with Gasteiger partial charge in [0.1, 0.15) is 5.00 Å². The molecule has 4 nitrogen and oxygen atoms in total. The molecule has 1 aliphatic rings. The van der Waals surface area contributed by atoms with Crippen molar-refractivity contribution < 1.29 is 14.3 Å². The molecule has 0 radical (unpaired) electrons. The van der Waals surface area contributed by atoms with E-state index in [2.05, 4.69) is 26.1 Å². The fraction of sp³-hybridized carbons (Fsp3) is 0.455. The minimum Gasteiger partial charge on any atom is -0.462 e. The van der Waals surface area contributed by atoms with Crippen molar-refractivity contribution in [3.05, 3.63) is 50.9 Å². The standard InChI is InChI=1S/C22H26ClNO3S/c1-5-27-21(26)18-16-11-8-14(22(2,3)4)12-17(16)28-20(18)24-19(25)13-6-9-15(23)10-7-13/h6-7,9-10,14H,5,8,11-12H2,1-4H3,(H,24,25)/t14-/m1/s1. The molecule has 1 aromatic carbocycles. The molecule has 0 fully saturated rings. The van der Waals surface area contributed by atoms with Gasteiger partial charge in [-0.05, 0) is 67.3 Å². The molecule has 2 aromatic rings. The second kappa shape index (κ2) is 8.26. The molecule has 0 spiro atoms. The number of fused-ring (bicyclic) bond motifs is 1. The van der Waals surface area contributed by atoms with E-state index in [1.54, 1.807) is 31.2 Å². The van der Waals surface area contributed by atoms with Crippen LogP contribution in [0.3, 0.4) is 0 Å². The largest absolute Gasteiger partial charge is 0.462 e. The average molecular weight is 420 g/mol. The topological polar surface area (TPSA) is 55.4 Å². The Morgan fingerprint density at radius 1 is 1.25 bits per heavy atom. The van der Waals surface area contributed by atoms with Crippen molar-refractivity contribution in [1.29, 1.82) is 0 Å². The molecule has 1 N–H and O–H groups in total. The van der Waals surface area contributed by atoms with Crippen LogP contribution in [0.4, 0.5) is 5.00 Å². The summed E-state index contributed by atoms with van der Waals surface area (Å²) >= 11 is 7.41. The van der Waals surface area contributed by atoms with Gasteiger partial charge in [-0.2, -0.15) is 0 Å². The Hall–Kier alpha value is -1.85. The van der Waals surface area contributed by atoms with E-state index in [9.17, 15) is 9.59 Å². The lowest BCUT2D eigenvalue weighted by molar-refractivity contribution is 0.0526. The van der Waals surface area contributed by atoms with Crippen molar-refractivity contribution in [3.8, 4) is 0 Å². The summed E-state index contributed by atoms with van der Waals surface area (Å²) in [6.07, 6.45) is 2.79. The Balaban J connectivity index is 1.93. The van der Waals surface area contributed by atoms with Crippen LogP contribution in [0.5, 0.6) is 0 Å². The molecule has 0 unspecified atom stereocenters. The SMILES string of the molecule is CCOC(=O)c1c(NC(=O)c2ccc(Cl)cc2)sc2c1CC[C@@H](C(C)(C)C)C2. The van der Waals surface area contributed by atoms with Gasteiger partial charge in [-0.1, -0.05) is 32.4 Å². The van der Waals surface area contributed by atoms with Crippen LogP contribution in [0.2, 0.25) is 5.02 Å². The Morgan fingerprint density at radius 2 is 1.93 bits per heavy atom. The van der Waals surface area contributed by atoms with Crippen molar-refractivity contribution in [2.45, 2.75) is 47.0 Å². The number of halogens is 1. The van der Waals surface area contributed by atoms with Crippen LogP contribution in [0.1, 0.15) is 65.3 Å². The smallest absolute Gasteiger partial charge is 0.341 e. The van der Waals surface area contributed by atoms with Gasteiger partial charge in [0, 0.05) is 15.5 Å². The summed E-state index contributed by atoms with van der Waals surface area (Å²) in [5.74, 6) is -0.0673. The third-order valence-electron chi connectivity index (χ3n) is 5.30. The van der Waals surface area contributed by atoms with Crippen LogP contribution in [-0.2, 0) is 17.6 Å². The summed E-state index contributed by atoms with van der Waals surface area (Å²) in [6.45, 7) is 8.86. The van der Waals surface area contributed by atoms with Crippen LogP contribution in [0.25, 0.3) is 0 Å². The molecule has 150 valence electrons. The van der Waals surface area contributed by atoms with Gasteiger partial charge in [0.25, 0.3) is 5.91 Å². The van der Waals surface area contributed by atoms with Crippen molar-refractivity contribution in [3.63, 3.8) is 0 Å². The van der Waals surface area contributed by atoms with Gasteiger partial charge < -0.3 is 10.1 Å². The predicted octanol–water partition coefficient (Wildman–Crippen LogP) is 5.98. The fourth-order valence-corrected chi connectivity index (χ4v) is 5.05. The van der Waals surface area contributed by atoms with E-state index in [0.29, 0.717) is 33.7 Å². The first kappa shape index (κ1) is 20.9. The second-order valence-electron chi connectivity index (χ2n) is 8.20. The van der Waals surface area contributed by atoms with Gasteiger partial charge in [-0.15, -0.1) is 11.3 Å². The van der Waals surface area contributed by atoms with Crippen LogP contribution in [0, 0.1) is 11.3 Å². The first-order valence-electron chi connectivity index (χ1n) is 9.59. The molecular weight excluding hydrogens is 394 g/mol. The van der Waals surface area contributed by atoms with E-state index in [-0.39, 0.29) is 17.3 Å². The number of ether oxygens (including phenoxy) is 1. The van der Waals surface area contributed by atoms with Crippen molar-refractivity contribution in [2.24, 2.45) is 11.3 Å². The molecule has 1 heterocycles. The van der Waals surface area contributed by atoms with Gasteiger partial charge in [0.05, 0.1) is 12.2 Å². The van der Waals surface area contributed by atoms with E-state index in [1.807, 2.05) is 0 Å². The maximum Gasteiger partial charge on any atom is 0.341 e. The molecule has 3 rings (SSSR count). The lowest BCUT2D eigenvalue weighted by Crippen LogP contribution is -2.26. The van der Waals surface area contributed by atoms with Crippen LogP contribution in [0.15, 0.2) is 24.3 Å². The van der Waals surface area contributed by atoms with E-state index in [4.69, 9.17) is 16.3 Å². The first-order valence-corrected chi connectivity index (χ1v) is 10.8. The molecule has 0 saturated carbocycles. The van der Waals surface area contributed by atoms with Crippen molar-refractivity contribution >= 4 is 39.8 Å². The highest BCUT2D eigenvalue weighted by atomic mass is 35.5. The molecular formula is C22H26ClNO3S. The molecule has 1 atom stereocenters. The number of esters is 1. The number of nitrogens with one attached hydrogen (secondary N) is 1. The Bertz CT molecular complexity index is 880. The third-order valence-corrected chi connectivity index (χ3v) is 6.72. The monoisotopic (exact) mass is 419 g/mol. The van der Waals surface area contributed by atoms with E-state index < -0.39 is 0 Å². The normalized spacial score (nSPS) is 16.4. The summed E-state index contributed by atoms with van der Waals surface area (Å²) in [7, 11) is 0. The van der Waals surface area contributed by atoms with Gasteiger partial charge in [0.15, 0.2) is 0 Å². The summed E-state index contributed by atoms with van der Waals surface area (Å²) in [5, 5.41) is 4.09. The number of anilines is 1. The van der Waals surface area contributed by atoms with Gasteiger partial charge >= 0.3 is 5.97 Å². The third kappa shape index (κ3) is 4.41. The van der Waals surface area contributed by atoms with Gasteiger partial charge in [0.2, 0.25) is 0 Å². The molecule has 0 saturated heterocycles. The highest BCUT2D eigenvalue weighted by molar-refractivity contribution is 7.17. The molecule has 1 aromatic heterocycles. The molecule has 0 bridgehead atoms. The first-order chi connectivity index (χ1) is 13.2. The summed E-state index contributed by atoms with van der Waals surface area (Å²) in [6, 6.07) is 6.70. The van der Waals surface area contributed by atoms with Crippen LogP contribution in [-0.4, -0.2) is 18.5 Å². The average Bonchev–Trinajstić information content (AvgIpc) is 2.98. The quantitative estimate of drug-likeness (QED) is 0.620. The zero-order valence-corrected chi connectivity index (χ0v) is 18.3. The lowest BCUT2D eigenvalue weighted by atomic mass is 9.72. The number of rotatable bonds is 4. The van der Waals surface area contributed by atoms with E-state index >= 15 is 0 Å². The summed E-state index contributed by atoms with van der Waals surface area (Å²) in [5.41, 5.74) is 2.27. The number of amides is 1. The molecule has 6 heteroatoms. The minimum atomic E-state index is -0.361. The number of benzene rings is 1. The van der Waals surface area contributed by atoms with Crippen LogP contribution >= 0.6 is 22.9 Å². The van der Waals surface area contributed by atoms with Gasteiger partial charge in [-0.3, -0.25) is 4.79 Å². The lowest BCUT2D eigenvalue weighted by Gasteiger charge is -2.33. The van der Waals surface area contributed by atoms with Crippen LogP contribution < -0.4 is 5.32 Å². The maximum atomic E-state index is 12.7. The predicted molar refractivity (Wildman–Crippen MR) is 115 cm³/mol. The Kier molecular flexibility index (Phi) is 6.15. The molecule has 1 amide bonds. The van der Waals surface area contributed by atoms with Gasteiger partial charge in [-0.25, -0.2) is 4.79 Å². The number of carbonyl (C=O) groups is 2. The fourth-order valence-electron chi connectivity index (χ4n) is 3.61. The Morgan fingerprint density at radius 3 is 2.54 bits per heavy atom. The summed E-state index contributed by atoms with van der Waals surface area (Å²) < 4.78 is 5.29. The maximum absolute atomic E-state index is 12.7.